The molecule has 0 atom stereocenters. The molecule has 1 aromatic heterocycles. The Morgan fingerprint density at radius 2 is 1.89 bits per heavy atom. The van der Waals surface area contributed by atoms with Gasteiger partial charge in [0.05, 0.1) is 0 Å². The van der Waals surface area contributed by atoms with E-state index in [2.05, 4.69) is 55.4 Å². The summed E-state index contributed by atoms with van der Waals surface area (Å²) in [5.41, 5.74) is 1.23. The molecule has 0 saturated carbocycles. The molecular weight excluding hydrogens is 222 g/mol. The highest BCUT2D eigenvalue weighted by Crippen LogP contribution is 2.10. The fraction of sp³-hybridized carbons (Fsp3) is 0.667. The van der Waals surface area contributed by atoms with Crippen LogP contribution < -0.4 is 10.6 Å². The van der Waals surface area contributed by atoms with Crippen molar-refractivity contribution in [3.05, 3.63) is 23.9 Å². The van der Waals surface area contributed by atoms with E-state index in [0.29, 0.717) is 6.04 Å². The second-order valence-corrected chi connectivity index (χ2v) is 5.15. The molecule has 1 aromatic rings. The van der Waals surface area contributed by atoms with E-state index in [4.69, 9.17) is 0 Å². The highest BCUT2D eigenvalue weighted by atomic mass is 15.0. The molecule has 0 radical (unpaired) electrons. The average molecular weight is 249 g/mol. The largest absolute Gasteiger partial charge is 0.370 e. The zero-order valence-corrected chi connectivity index (χ0v) is 12.2. The van der Waals surface area contributed by atoms with E-state index < -0.39 is 0 Å². The lowest BCUT2D eigenvalue weighted by Crippen LogP contribution is -2.21. The Morgan fingerprint density at radius 1 is 1.17 bits per heavy atom. The maximum atomic E-state index is 4.45. The van der Waals surface area contributed by atoms with Crippen LogP contribution in [-0.2, 0) is 6.54 Å². The summed E-state index contributed by atoms with van der Waals surface area (Å²) in [5.74, 6) is 1.73. The Balaban J connectivity index is 2.40. The molecule has 0 fully saturated rings. The SMILES string of the molecule is CCC(CC)CNc1ccc(CNC(C)C)cn1. The minimum absolute atomic E-state index is 0.512. The molecule has 0 aliphatic heterocycles. The summed E-state index contributed by atoms with van der Waals surface area (Å²) in [6, 6.07) is 4.72. The van der Waals surface area contributed by atoms with Gasteiger partial charge in [0.2, 0.25) is 0 Å². The van der Waals surface area contributed by atoms with Gasteiger partial charge in [-0.15, -0.1) is 0 Å². The third kappa shape index (κ3) is 5.50. The summed E-state index contributed by atoms with van der Waals surface area (Å²) in [6.07, 6.45) is 4.39. The van der Waals surface area contributed by atoms with E-state index in [-0.39, 0.29) is 0 Å². The molecule has 18 heavy (non-hydrogen) atoms. The lowest BCUT2D eigenvalue weighted by Gasteiger charge is -2.14. The third-order valence-electron chi connectivity index (χ3n) is 3.27. The number of aromatic nitrogens is 1. The van der Waals surface area contributed by atoms with Gasteiger partial charge < -0.3 is 10.6 Å². The Labute approximate surface area is 111 Å². The predicted octanol–water partition coefficient (Wildman–Crippen LogP) is 3.43. The van der Waals surface area contributed by atoms with Crippen LogP contribution in [0.5, 0.6) is 0 Å². The number of nitrogens with zero attached hydrogens (tertiary/aromatic N) is 1. The van der Waals surface area contributed by atoms with Crippen molar-refractivity contribution in [3.63, 3.8) is 0 Å². The Bertz CT molecular complexity index is 315. The van der Waals surface area contributed by atoms with Gasteiger partial charge in [-0.1, -0.05) is 46.6 Å². The highest BCUT2D eigenvalue weighted by molar-refractivity contribution is 5.35. The van der Waals surface area contributed by atoms with Crippen LogP contribution in [0.2, 0.25) is 0 Å². The minimum atomic E-state index is 0.512. The van der Waals surface area contributed by atoms with Crippen molar-refractivity contribution in [3.8, 4) is 0 Å². The number of anilines is 1. The standard InChI is InChI=1S/C15H27N3/c1-5-13(6-2)9-17-15-8-7-14(11-18-15)10-16-12(3)4/h7-8,11-13,16H,5-6,9-10H2,1-4H3,(H,17,18). The zero-order chi connectivity index (χ0) is 13.4. The number of hydrogen-bond acceptors (Lipinski definition) is 3. The van der Waals surface area contributed by atoms with Crippen molar-refractivity contribution in [2.45, 2.75) is 53.1 Å². The van der Waals surface area contributed by atoms with Crippen LogP contribution >= 0.6 is 0 Å². The molecule has 1 rings (SSSR count). The van der Waals surface area contributed by atoms with Crippen molar-refractivity contribution >= 4 is 5.82 Å². The molecule has 3 heteroatoms. The second-order valence-electron chi connectivity index (χ2n) is 5.15. The molecule has 1 heterocycles. The van der Waals surface area contributed by atoms with Crippen LogP contribution in [0, 0.1) is 5.92 Å². The summed E-state index contributed by atoms with van der Waals surface area (Å²) in [5, 5.41) is 6.80. The van der Waals surface area contributed by atoms with E-state index in [1.165, 1.54) is 18.4 Å². The summed E-state index contributed by atoms with van der Waals surface area (Å²) >= 11 is 0. The van der Waals surface area contributed by atoms with Crippen LogP contribution in [0.3, 0.4) is 0 Å². The van der Waals surface area contributed by atoms with E-state index in [1.807, 2.05) is 6.20 Å². The number of hydrogen-bond donors (Lipinski definition) is 2. The van der Waals surface area contributed by atoms with Gasteiger partial charge in [-0.2, -0.15) is 0 Å². The Kier molecular flexibility index (Phi) is 6.73. The molecule has 0 spiro atoms. The van der Waals surface area contributed by atoms with Crippen LogP contribution in [0.15, 0.2) is 18.3 Å². The fourth-order valence-electron chi connectivity index (χ4n) is 1.78. The van der Waals surface area contributed by atoms with E-state index in [9.17, 15) is 0 Å². The molecule has 102 valence electrons. The fourth-order valence-corrected chi connectivity index (χ4v) is 1.78. The van der Waals surface area contributed by atoms with Crippen LogP contribution in [0.25, 0.3) is 0 Å². The zero-order valence-electron chi connectivity index (χ0n) is 12.2. The highest BCUT2D eigenvalue weighted by Gasteiger charge is 2.03. The maximum Gasteiger partial charge on any atom is 0.125 e. The van der Waals surface area contributed by atoms with Gasteiger partial charge in [-0.25, -0.2) is 4.98 Å². The van der Waals surface area contributed by atoms with Crippen LogP contribution in [-0.4, -0.2) is 17.6 Å². The maximum absolute atomic E-state index is 4.45. The van der Waals surface area contributed by atoms with Crippen molar-refractivity contribution in [2.75, 3.05) is 11.9 Å². The minimum Gasteiger partial charge on any atom is -0.370 e. The molecule has 0 unspecified atom stereocenters. The number of rotatable bonds is 8. The first kappa shape index (κ1) is 15.0. The van der Waals surface area contributed by atoms with Crippen molar-refractivity contribution in [1.29, 1.82) is 0 Å². The number of nitrogens with one attached hydrogen (secondary N) is 2. The molecule has 0 amide bonds. The number of pyridine rings is 1. The first-order chi connectivity index (χ1) is 8.65. The molecular formula is C15H27N3. The van der Waals surface area contributed by atoms with Crippen molar-refractivity contribution < 1.29 is 0 Å². The van der Waals surface area contributed by atoms with Gasteiger partial charge >= 0.3 is 0 Å². The molecule has 0 aliphatic rings. The quantitative estimate of drug-likeness (QED) is 0.741. The molecule has 2 N–H and O–H groups in total. The third-order valence-corrected chi connectivity index (χ3v) is 3.27. The van der Waals surface area contributed by atoms with E-state index in [0.717, 1.165) is 24.8 Å². The Morgan fingerprint density at radius 3 is 2.39 bits per heavy atom. The van der Waals surface area contributed by atoms with Crippen LogP contribution in [0.1, 0.15) is 46.1 Å². The first-order valence-corrected chi connectivity index (χ1v) is 7.07. The van der Waals surface area contributed by atoms with E-state index in [1.54, 1.807) is 0 Å². The van der Waals surface area contributed by atoms with Gasteiger partial charge in [0, 0.05) is 25.3 Å². The second kappa shape index (κ2) is 8.09. The van der Waals surface area contributed by atoms with Crippen molar-refractivity contribution in [2.24, 2.45) is 5.92 Å². The van der Waals surface area contributed by atoms with Crippen LogP contribution in [0.4, 0.5) is 5.82 Å². The topological polar surface area (TPSA) is 37.0 Å². The van der Waals surface area contributed by atoms with Gasteiger partial charge in [0.25, 0.3) is 0 Å². The van der Waals surface area contributed by atoms with E-state index >= 15 is 0 Å². The van der Waals surface area contributed by atoms with Crippen molar-refractivity contribution in [1.82, 2.24) is 10.3 Å². The van der Waals surface area contributed by atoms with Gasteiger partial charge in [0.1, 0.15) is 5.82 Å². The smallest absolute Gasteiger partial charge is 0.125 e. The summed E-state index contributed by atoms with van der Waals surface area (Å²) in [4.78, 5) is 4.45. The van der Waals surface area contributed by atoms with Gasteiger partial charge in [0.15, 0.2) is 0 Å². The summed E-state index contributed by atoms with van der Waals surface area (Å²) in [7, 11) is 0. The first-order valence-electron chi connectivity index (χ1n) is 7.07. The summed E-state index contributed by atoms with van der Waals surface area (Å²) < 4.78 is 0. The van der Waals surface area contributed by atoms with Gasteiger partial charge in [-0.3, -0.25) is 0 Å². The average Bonchev–Trinajstić information content (AvgIpc) is 2.39. The molecule has 0 aromatic carbocycles. The van der Waals surface area contributed by atoms with Gasteiger partial charge in [-0.05, 0) is 17.5 Å². The lowest BCUT2D eigenvalue weighted by molar-refractivity contribution is 0.518. The monoisotopic (exact) mass is 249 g/mol. The summed E-state index contributed by atoms with van der Waals surface area (Å²) in [6.45, 7) is 10.7. The predicted molar refractivity (Wildman–Crippen MR) is 78.8 cm³/mol. The molecule has 3 nitrogen and oxygen atoms in total. The molecule has 0 aliphatic carbocycles. The molecule has 0 saturated heterocycles. The molecule has 0 bridgehead atoms. The normalized spacial score (nSPS) is 11.2. The lowest BCUT2D eigenvalue weighted by atomic mass is 10.0. The Hall–Kier alpha value is -1.09.